The summed E-state index contributed by atoms with van der Waals surface area (Å²) in [5, 5.41) is 3.46. The van der Waals surface area contributed by atoms with Gasteiger partial charge in [-0.25, -0.2) is 9.97 Å². The molecule has 0 fully saturated rings. The Balaban J connectivity index is 2.30. The summed E-state index contributed by atoms with van der Waals surface area (Å²) in [5.41, 5.74) is 1.51. The predicted molar refractivity (Wildman–Crippen MR) is 96.0 cm³/mol. The van der Waals surface area contributed by atoms with E-state index in [9.17, 15) is 4.79 Å². The quantitative estimate of drug-likeness (QED) is 0.649. The van der Waals surface area contributed by atoms with Crippen molar-refractivity contribution in [2.45, 2.75) is 33.2 Å². The van der Waals surface area contributed by atoms with Crippen LogP contribution in [0.1, 0.15) is 27.2 Å². The van der Waals surface area contributed by atoms with Crippen molar-refractivity contribution in [1.82, 2.24) is 9.97 Å². The number of hydrogen-bond acceptors (Lipinski definition) is 5. The number of rotatable bonds is 5. The smallest absolute Gasteiger partial charge is 0.307 e. The van der Waals surface area contributed by atoms with Gasteiger partial charge in [-0.3, -0.25) is 4.79 Å². The first kappa shape index (κ1) is 18.2. The van der Waals surface area contributed by atoms with Gasteiger partial charge in [-0.1, -0.05) is 51.1 Å². The summed E-state index contributed by atoms with van der Waals surface area (Å²) in [7, 11) is 1.39. The number of aromatic nitrogens is 2. The molecule has 0 bridgehead atoms. The third-order valence-electron chi connectivity index (χ3n) is 3.73. The molecule has 0 aliphatic rings. The van der Waals surface area contributed by atoms with Gasteiger partial charge in [0.05, 0.1) is 19.2 Å². The fourth-order valence-corrected chi connectivity index (χ4v) is 2.43. The van der Waals surface area contributed by atoms with Crippen molar-refractivity contribution in [2.24, 2.45) is 5.41 Å². The van der Waals surface area contributed by atoms with E-state index in [2.05, 4.69) is 36.1 Å². The fourth-order valence-electron chi connectivity index (χ4n) is 2.25. The maximum Gasteiger partial charge on any atom is 0.307 e. The monoisotopic (exact) mass is 347 g/mol. The lowest BCUT2D eigenvalue weighted by Crippen LogP contribution is -2.36. The first-order valence-corrected chi connectivity index (χ1v) is 8.11. The molecule has 0 aliphatic carbocycles. The van der Waals surface area contributed by atoms with Crippen LogP contribution in [0.5, 0.6) is 0 Å². The van der Waals surface area contributed by atoms with Crippen LogP contribution >= 0.6 is 11.6 Å². The predicted octanol–water partition coefficient (Wildman–Crippen LogP) is 4.19. The minimum absolute atomic E-state index is 0.153. The van der Waals surface area contributed by atoms with Gasteiger partial charge in [0.25, 0.3) is 0 Å². The fraction of sp³-hybridized carbons (Fsp3) is 0.389. The molecule has 0 unspecified atom stereocenters. The lowest BCUT2D eigenvalue weighted by molar-refractivity contribution is -0.141. The highest BCUT2D eigenvalue weighted by Crippen LogP contribution is 2.27. The number of ether oxygens (including phenoxy) is 1. The highest BCUT2D eigenvalue weighted by molar-refractivity contribution is 6.28. The lowest BCUT2D eigenvalue weighted by atomic mass is 9.84. The second-order valence-corrected chi connectivity index (χ2v) is 6.95. The molecule has 24 heavy (non-hydrogen) atoms. The molecule has 1 N–H and O–H groups in total. The molecule has 1 atom stereocenters. The first-order chi connectivity index (χ1) is 11.3. The molecule has 0 saturated carbocycles. The van der Waals surface area contributed by atoms with Gasteiger partial charge in [0, 0.05) is 17.7 Å². The van der Waals surface area contributed by atoms with E-state index in [0.29, 0.717) is 5.82 Å². The minimum atomic E-state index is -0.272. The van der Waals surface area contributed by atoms with E-state index in [4.69, 9.17) is 16.3 Å². The maximum atomic E-state index is 11.7. The summed E-state index contributed by atoms with van der Waals surface area (Å²) in [6.45, 7) is 6.15. The molecule has 0 saturated heterocycles. The number of esters is 1. The van der Waals surface area contributed by atoms with Gasteiger partial charge in [-0.05, 0) is 17.0 Å². The minimum Gasteiger partial charge on any atom is -0.469 e. The van der Waals surface area contributed by atoms with Crippen LogP contribution in [0.25, 0.3) is 11.3 Å². The Morgan fingerprint density at radius 2 is 1.92 bits per heavy atom. The van der Waals surface area contributed by atoms with Gasteiger partial charge in [0.2, 0.25) is 5.28 Å². The van der Waals surface area contributed by atoms with E-state index < -0.39 is 0 Å². The molecule has 5 nitrogen and oxygen atoms in total. The molecule has 6 heteroatoms. The summed E-state index contributed by atoms with van der Waals surface area (Å²) in [6.07, 6.45) is 0.238. The summed E-state index contributed by atoms with van der Waals surface area (Å²) >= 11 is 6.08. The Morgan fingerprint density at radius 1 is 1.25 bits per heavy atom. The van der Waals surface area contributed by atoms with Gasteiger partial charge < -0.3 is 10.1 Å². The van der Waals surface area contributed by atoms with E-state index in [1.807, 2.05) is 36.4 Å². The SMILES string of the molecule is COC(=O)C[C@@H](Nc1cc(-c2ccccc2)nc(Cl)n1)C(C)(C)C. The zero-order valence-electron chi connectivity index (χ0n) is 14.3. The lowest BCUT2D eigenvalue weighted by Gasteiger charge is -2.31. The van der Waals surface area contributed by atoms with Crippen LogP contribution in [0.15, 0.2) is 36.4 Å². The Morgan fingerprint density at radius 3 is 2.50 bits per heavy atom. The third-order valence-corrected chi connectivity index (χ3v) is 3.90. The molecular weight excluding hydrogens is 326 g/mol. The van der Waals surface area contributed by atoms with E-state index in [-0.39, 0.29) is 29.1 Å². The average molecular weight is 348 g/mol. The number of hydrogen-bond donors (Lipinski definition) is 1. The number of anilines is 1. The van der Waals surface area contributed by atoms with Crippen LogP contribution in [0.4, 0.5) is 5.82 Å². The molecule has 2 aromatic rings. The van der Waals surface area contributed by atoms with E-state index in [1.54, 1.807) is 0 Å². The second kappa shape index (κ2) is 7.62. The molecular formula is C18H22ClN3O2. The molecule has 2 rings (SSSR count). The molecule has 1 heterocycles. The maximum absolute atomic E-state index is 11.7. The Labute approximate surface area is 147 Å². The van der Waals surface area contributed by atoms with Crippen molar-refractivity contribution in [3.05, 3.63) is 41.7 Å². The molecule has 0 spiro atoms. The zero-order valence-corrected chi connectivity index (χ0v) is 15.1. The van der Waals surface area contributed by atoms with Gasteiger partial charge >= 0.3 is 5.97 Å². The Bertz CT molecular complexity index is 699. The molecule has 0 aliphatic heterocycles. The van der Waals surface area contributed by atoms with Gasteiger partial charge in [-0.15, -0.1) is 0 Å². The van der Waals surface area contributed by atoms with Crippen molar-refractivity contribution in [3.8, 4) is 11.3 Å². The Hall–Kier alpha value is -2.14. The van der Waals surface area contributed by atoms with Crippen molar-refractivity contribution >= 4 is 23.4 Å². The van der Waals surface area contributed by atoms with Crippen molar-refractivity contribution in [1.29, 1.82) is 0 Å². The van der Waals surface area contributed by atoms with Crippen LogP contribution < -0.4 is 5.32 Å². The van der Waals surface area contributed by atoms with Crippen LogP contribution in [0.2, 0.25) is 5.28 Å². The molecule has 1 aromatic carbocycles. The van der Waals surface area contributed by atoms with Crippen LogP contribution in [0.3, 0.4) is 0 Å². The van der Waals surface area contributed by atoms with Gasteiger partial charge in [0.1, 0.15) is 5.82 Å². The van der Waals surface area contributed by atoms with Crippen LogP contribution in [0, 0.1) is 5.41 Å². The Kier molecular flexibility index (Phi) is 5.78. The summed E-state index contributed by atoms with van der Waals surface area (Å²) in [5.74, 6) is 0.309. The average Bonchev–Trinajstić information content (AvgIpc) is 2.53. The number of carbonyl (C=O) groups excluding carboxylic acids is 1. The summed E-state index contributed by atoms with van der Waals surface area (Å²) in [6, 6.07) is 11.4. The van der Waals surface area contributed by atoms with Crippen molar-refractivity contribution < 1.29 is 9.53 Å². The number of nitrogens with one attached hydrogen (secondary N) is 1. The normalized spacial score (nSPS) is 12.5. The van der Waals surface area contributed by atoms with Crippen LogP contribution in [-0.2, 0) is 9.53 Å². The summed E-state index contributed by atoms with van der Waals surface area (Å²) < 4.78 is 4.79. The number of benzene rings is 1. The summed E-state index contributed by atoms with van der Waals surface area (Å²) in [4.78, 5) is 20.2. The standard InChI is InChI=1S/C18H22ClN3O2/c1-18(2,3)14(11-16(23)24-4)21-15-10-13(20-17(19)22-15)12-8-6-5-7-9-12/h5-10,14H,11H2,1-4H3,(H,20,21,22)/t14-/m1/s1. The largest absolute Gasteiger partial charge is 0.469 e. The van der Waals surface area contributed by atoms with Crippen molar-refractivity contribution in [3.63, 3.8) is 0 Å². The molecule has 1 aromatic heterocycles. The van der Waals surface area contributed by atoms with E-state index >= 15 is 0 Å². The van der Waals surface area contributed by atoms with E-state index in [1.165, 1.54) is 7.11 Å². The first-order valence-electron chi connectivity index (χ1n) is 7.73. The molecule has 128 valence electrons. The second-order valence-electron chi connectivity index (χ2n) is 6.62. The zero-order chi connectivity index (χ0) is 17.7. The topological polar surface area (TPSA) is 64.1 Å². The number of carbonyl (C=O) groups is 1. The molecule has 0 amide bonds. The van der Waals surface area contributed by atoms with E-state index in [0.717, 1.165) is 11.3 Å². The molecule has 0 radical (unpaired) electrons. The highest BCUT2D eigenvalue weighted by Gasteiger charge is 2.28. The van der Waals surface area contributed by atoms with Gasteiger partial charge in [0.15, 0.2) is 0 Å². The number of halogens is 1. The third kappa shape index (κ3) is 4.93. The van der Waals surface area contributed by atoms with Crippen LogP contribution in [-0.4, -0.2) is 29.1 Å². The van der Waals surface area contributed by atoms with Gasteiger partial charge in [-0.2, -0.15) is 0 Å². The highest BCUT2D eigenvalue weighted by atomic mass is 35.5. The number of nitrogens with zero attached hydrogens (tertiary/aromatic N) is 2. The number of methoxy groups -OCH3 is 1. The van der Waals surface area contributed by atoms with Crippen molar-refractivity contribution in [2.75, 3.05) is 12.4 Å².